The highest BCUT2D eigenvalue weighted by Crippen LogP contribution is 2.27. The van der Waals surface area contributed by atoms with Crippen LogP contribution in [0.1, 0.15) is 32.3 Å². The van der Waals surface area contributed by atoms with Crippen LogP contribution in [0.15, 0.2) is 34.4 Å². The Morgan fingerprint density at radius 1 is 1.39 bits per heavy atom. The Kier molecular flexibility index (Phi) is 4.42. The van der Waals surface area contributed by atoms with E-state index in [0.717, 1.165) is 29.8 Å². The van der Waals surface area contributed by atoms with Gasteiger partial charge in [-0.3, -0.25) is 4.99 Å². The zero-order valence-electron chi connectivity index (χ0n) is 10.8. The standard InChI is InChI=1S/C14H18N2OS/c1-10-9-12(7-8-18-10)15-14-6-4-3-5-13(14)11(2)16-17/h3-6,10,17H,7-9H2,1-2H3. The summed E-state index contributed by atoms with van der Waals surface area (Å²) in [6, 6.07) is 7.82. The van der Waals surface area contributed by atoms with Gasteiger partial charge in [0.05, 0.1) is 11.4 Å². The zero-order valence-corrected chi connectivity index (χ0v) is 11.6. The fraction of sp³-hybridized carbons (Fsp3) is 0.429. The lowest BCUT2D eigenvalue weighted by atomic mass is 10.1. The Labute approximate surface area is 112 Å². The summed E-state index contributed by atoms with van der Waals surface area (Å²) in [5, 5.41) is 12.8. The van der Waals surface area contributed by atoms with Crippen LogP contribution in [-0.2, 0) is 0 Å². The Hall–Kier alpha value is -1.29. The van der Waals surface area contributed by atoms with E-state index in [1.807, 2.05) is 36.0 Å². The highest BCUT2D eigenvalue weighted by molar-refractivity contribution is 8.00. The van der Waals surface area contributed by atoms with Crippen molar-refractivity contribution in [3.63, 3.8) is 0 Å². The van der Waals surface area contributed by atoms with Crippen molar-refractivity contribution in [2.45, 2.75) is 31.9 Å². The minimum atomic E-state index is 0.605. The van der Waals surface area contributed by atoms with E-state index in [1.165, 1.54) is 5.71 Å². The molecule has 4 heteroatoms. The van der Waals surface area contributed by atoms with E-state index in [9.17, 15) is 0 Å². The van der Waals surface area contributed by atoms with E-state index in [0.29, 0.717) is 11.0 Å². The van der Waals surface area contributed by atoms with Crippen LogP contribution >= 0.6 is 11.8 Å². The molecule has 0 saturated carbocycles. The molecular weight excluding hydrogens is 244 g/mol. The molecule has 1 atom stereocenters. The zero-order chi connectivity index (χ0) is 13.0. The minimum Gasteiger partial charge on any atom is -0.411 e. The van der Waals surface area contributed by atoms with Crippen molar-refractivity contribution in [3.05, 3.63) is 29.8 Å². The lowest BCUT2D eigenvalue weighted by Crippen LogP contribution is -2.15. The molecule has 0 bridgehead atoms. The predicted molar refractivity (Wildman–Crippen MR) is 78.7 cm³/mol. The first kappa shape index (κ1) is 13.1. The van der Waals surface area contributed by atoms with Crippen molar-refractivity contribution in [2.75, 3.05) is 5.75 Å². The summed E-state index contributed by atoms with van der Waals surface area (Å²) in [6.45, 7) is 4.03. The molecule has 0 radical (unpaired) electrons. The molecule has 1 aromatic carbocycles. The highest BCUT2D eigenvalue weighted by Gasteiger charge is 2.15. The molecule has 1 aliphatic heterocycles. The van der Waals surface area contributed by atoms with E-state index >= 15 is 0 Å². The molecule has 18 heavy (non-hydrogen) atoms. The molecule has 0 spiro atoms. The monoisotopic (exact) mass is 262 g/mol. The van der Waals surface area contributed by atoms with Crippen LogP contribution < -0.4 is 0 Å². The molecule has 1 N–H and O–H groups in total. The molecule has 0 amide bonds. The van der Waals surface area contributed by atoms with Crippen molar-refractivity contribution in [3.8, 4) is 0 Å². The number of nitrogens with zero attached hydrogens (tertiary/aromatic N) is 2. The molecule has 1 unspecified atom stereocenters. The molecular formula is C14H18N2OS. The maximum absolute atomic E-state index is 8.90. The number of aliphatic imine (C=N–C) groups is 1. The molecule has 3 nitrogen and oxygen atoms in total. The van der Waals surface area contributed by atoms with Gasteiger partial charge in [-0.1, -0.05) is 30.3 Å². The van der Waals surface area contributed by atoms with Crippen LogP contribution in [0.25, 0.3) is 0 Å². The van der Waals surface area contributed by atoms with Gasteiger partial charge in [0.2, 0.25) is 0 Å². The number of oxime groups is 1. The third-order valence-electron chi connectivity index (χ3n) is 3.04. The van der Waals surface area contributed by atoms with Crippen LogP contribution in [-0.4, -0.2) is 27.6 Å². The van der Waals surface area contributed by atoms with Gasteiger partial charge < -0.3 is 5.21 Å². The number of hydrogen-bond acceptors (Lipinski definition) is 4. The molecule has 1 saturated heterocycles. The summed E-state index contributed by atoms with van der Waals surface area (Å²) in [5.74, 6) is 1.15. The Morgan fingerprint density at radius 3 is 2.89 bits per heavy atom. The average molecular weight is 262 g/mol. The molecule has 0 aromatic heterocycles. The molecule has 0 aliphatic carbocycles. The first-order valence-corrected chi connectivity index (χ1v) is 7.21. The average Bonchev–Trinajstić information content (AvgIpc) is 2.38. The van der Waals surface area contributed by atoms with Gasteiger partial charge in [0.25, 0.3) is 0 Å². The first-order chi connectivity index (χ1) is 8.70. The lowest BCUT2D eigenvalue weighted by molar-refractivity contribution is 0.319. The highest BCUT2D eigenvalue weighted by atomic mass is 32.2. The summed E-state index contributed by atoms with van der Waals surface area (Å²) < 4.78 is 0. The van der Waals surface area contributed by atoms with Crippen LogP contribution in [0.5, 0.6) is 0 Å². The summed E-state index contributed by atoms with van der Waals surface area (Å²) in [5.41, 5.74) is 3.66. The third-order valence-corrected chi connectivity index (χ3v) is 4.21. The van der Waals surface area contributed by atoms with Gasteiger partial charge in [0, 0.05) is 16.5 Å². The van der Waals surface area contributed by atoms with Gasteiger partial charge in [-0.05, 0) is 31.6 Å². The molecule has 1 fully saturated rings. The largest absolute Gasteiger partial charge is 0.411 e. The van der Waals surface area contributed by atoms with Gasteiger partial charge in [0.15, 0.2) is 0 Å². The van der Waals surface area contributed by atoms with E-state index in [4.69, 9.17) is 10.2 Å². The normalized spacial score (nSPS) is 23.3. The summed E-state index contributed by atoms with van der Waals surface area (Å²) >= 11 is 2.00. The second kappa shape index (κ2) is 6.05. The molecule has 1 aromatic rings. The summed E-state index contributed by atoms with van der Waals surface area (Å²) in [7, 11) is 0. The van der Waals surface area contributed by atoms with E-state index in [-0.39, 0.29) is 0 Å². The fourth-order valence-electron chi connectivity index (χ4n) is 2.07. The van der Waals surface area contributed by atoms with E-state index < -0.39 is 0 Å². The van der Waals surface area contributed by atoms with Gasteiger partial charge in [-0.25, -0.2) is 0 Å². The Balaban J connectivity index is 2.31. The first-order valence-electron chi connectivity index (χ1n) is 6.17. The molecule has 1 heterocycles. The number of rotatable bonds is 2. The van der Waals surface area contributed by atoms with Gasteiger partial charge in [0.1, 0.15) is 0 Å². The van der Waals surface area contributed by atoms with Crippen LogP contribution in [0, 0.1) is 0 Å². The maximum Gasteiger partial charge on any atom is 0.0858 e. The van der Waals surface area contributed by atoms with Crippen molar-refractivity contribution < 1.29 is 5.21 Å². The number of thioether (sulfide) groups is 1. The SMILES string of the molecule is CC(=NO)c1ccccc1N=C1CCSC(C)C1. The Bertz CT molecular complexity index is 482. The molecule has 2 rings (SSSR count). The Morgan fingerprint density at radius 2 is 2.17 bits per heavy atom. The summed E-state index contributed by atoms with van der Waals surface area (Å²) in [4.78, 5) is 4.75. The van der Waals surface area contributed by atoms with Gasteiger partial charge in [-0.15, -0.1) is 0 Å². The van der Waals surface area contributed by atoms with Crippen LogP contribution in [0.4, 0.5) is 5.69 Å². The van der Waals surface area contributed by atoms with Crippen LogP contribution in [0.2, 0.25) is 0 Å². The van der Waals surface area contributed by atoms with Crippen molar-refractivity contribution in [1.29, 1.82) is 0 Å². The number of benzene rings is 1. The topological polar surface area (TPSA) is 45.0 Å². The van der Waals surface area contributed by atoms with Crippen molar-refractivity contribution in [2.24, 2.45) is 10.1 Å². The maximum atomic E-state index is 8.90. The summed E-state index contributed by atoms with van der Waals surface area (Å²) in [6.07, 6.45) is 2.10. The minimum absolute atomic E-state index is 0.605. The number of para-hydroxylation sites is 1. The van der Waals surface area contributed by atoms with Crippen LogP contribution in [0.3, 0.4) is 0 Å². The van der Waals surface area contributed by atoms with Gasteiger partial charge >= 0.3 is 0 Å². The van der Waals surface area contributed by atoms with E-state index in [2.05, 4.69) is 12.1 Å². The fourth-order valence-corrected chi connectivity index (χ4v) is 3.14. The second-order valence-corrected chi connectivity index (χ2v) is 6.06. The lowest BCUT2D eigenvalue weighted by Gasteiger charge is -2.19. The second-order valence-electron chi connectivity index (χ2n) is 4.52. The quantitative estimate of drug-likeness (QED) is 0.499. The molecule has 96 valence electrons. The van der Waals surface area contributed by atoms with Crippen molar-refractivity contribution in [1.82, 2.24) is 0 Å². The smallest absolute Gasteiger partial charge is 0.0858 e. The van der Waals surface area contributed by atoms with Crippen molar-refractivity contribution >= 4 is 28.9 Å². The molecule has 1 aliphatic rings. The third kappa shape index (κ3) is 3.13. The number of hydrogen-bond donors (Lipinski definition) is 1. The predicted octanol–water partition coefficient (Wildman–Crippen LogP) is 3.87. The van der Waals surface area contributed by atoms with E-state index in [1.54, 1.807) is 6.92 Å². The van der Waals surface area contributed by atoms with Gasteiger partial charge in [-0.2, -0.15) is 11.8 Å².